The Balaban J connectivity index is 2.46. The summed E-state index contributed by atoms with van der Waals surface area (Å²) in [6.45, 7) is 3.77. The SMILES string of the molecule is CCCCCCCCCCCCCC(=O)NC(COC1OC(CO)C(O)C(O)C1O)C(O)CCCCCCCCCCC. The predicted molar refractivity (Wildman–Crippen MR) is 171 cm³/mol. The zero-order valence-corrected chi connectivity index (χ0v) is 27.5. The van der Waals surface area contributed by atoms with Gasteiger partial charge in [0, 0.05) is 6.42 Å². The van der Waals surface area contributed by atoms with Gasteiger partial charge in [-0.15, -0.1) is 0 Å². The van der Waals surface area contributed by atoms with Crippen LogP contribution in [0.5, 0.6) is 0 Å². The van der Waals surface area contributed by atoms with Crippen LogP contribution in [-0.2, 0) is 14.3 Å². The Morgan fingerprint density at radius 1 is 0.698 bits per heavy atom. The third-order valence-electron chi connectivity index (χ3n) is 8.71. The van der Waals surface area contributed by atoms with Gasteiger partial charge in [-0.2, -0.15) is 0 Å². The maximum absolute atomic E-state index is 12.8. The van der Waals surface area contributed by atoms with E-state index in [1.54, 1.807) is 0 Å². The Hall–Kier alpha value is -0.810. The van der Waals surface area contributed by atoms with Gasteiger partial charge in [-0.1, -0.05) is 136 Å². The van der Waals surface area contributed by atoms with Gasteiger partial charge in [0.25, 0.3) is 0 Å². The topological polar surface area (TPSA) is 149 Å². The average Bonchev–Trinajstić information content (AvgIpc) is 3.00. The Labute approximate surface area is 262 Å². The Morgan fingerprint density at radius 2 is 1.16 bits per heavy atom. The molecule has 0 spiro atoms. The second-order valence-corrected chi connectivity index (χ2v) is 12.7. The van der Waals surface area contributed by atoms with Crippen molar-refractivity contribution in [2.75, 3.05) is 13.2 Å². The van der Waals surface area contributed by atoms with E-state index in [2.05, 4.69) is 19.2 Å². The van der Waals surface area contributed by atoms with E-state index in [1.807, 2.05) is 0 Å². The Kier molecular flexibility index (Phi) is 24.7. The van der Waals surface area contributed by atoms with Crippen LogP contribution in [-0.4, -0.2) is 87.5 Å². The molecule has 43 heavy (non-hydrogen) atoms. The number of amides is 1. The Morgan fingerprint density at radius 3 is 1.65 bits per heavy atom. The molecule has 9 nitrogen and oxygen atoms in total. The van der Waals surface area contributed by atoms with E-state index < -0.39 is 49.5 Å². The molecule has 7 unspecified atom stereocenters. The van der Waals surface area contributed by atoms with Crippen molar-refractivity contribution in [1.29, 1.82) is 0 Å². The van der Waals surface area contributed by atoms with Crippen molar-refractivity contribution in [2.24, 2.45) is 0 Å². The largest absolute Gasteiger partial charge is 0.394 e. The molecular weight excluding hydrogens is 550 g/mol. The van der Waals surface area contributed by atoms with E-state index in [4.69, 9.17) is 9.47 Å². The fraction of sp³-hybridized carbons (Fsp3) is 0.971. The highest BCUT2D eigenvalue weighted by molar-refractivity contribution is 5.76. The number of hydrogen-bond donors (Lipinski definition) is 6. The summed E-state index contributed by atoms with van der Waals surface area (Å²) in [5.74, 6) is -0.149. The zero-order chi connectivity index (χ0) is 31.7. The summed E-state index contributed by atoms with van der Waals surface area (Å²) in [5.41, 5.74) is 0. The molecule has 1 rings (SSSR count). The van der Waals surface area contributed by atoms with Crippen LogP contribution < -0.4 is 5.32 Å². The fourth-order valence-electron chi connectivity index (χ4n) is 5.75. The first-order chi connectivity index (χ1) is 20.8. The van der Waals surface area contributed by atoms with Gasteiger partial charge in [0.05, 0.1) is 25.4 Å². The smallest absolute Gasteiger partial charge is 0.220 e. The van der Waals surface area contributed by atoms with Gasteiger partial charge < -0.3 is 40.3 Å². The highest BCUT2D eigenvalue weighted by atomic mass is 16.7. The van der Waals surface area contributed by atoms with Crippen LogP contribution >= 0.6 is 0 Å². The number of carbonyl (C=O) groups is 1. The number of rotatable bonds is 28. The minimum atomic E-state index is -1.54. The summed E-state index contributed by atoms with van der Waals surface area (Å²) in [7, 11) is 0. The van der Waals surface area contributed by atoms with Gasteiger partial charge in [0.15, 0.2) is 6.29 Å². The molecule has 1 fully saturated rings. The third-order valence-corrected chi connectivity index (χ3v) is 8.71. The number of hydrogen-bond acceptors (Lipinski definition) is 8. The van der Waals surface area contributed by atoms with Crippen molar-refractivity contribution >= 4 is 5.91 Å². The van der Waals surface area contributed by atoms with E-state index in [0.717, 1.165) is 38.5 Å². The molecule has 0 aromatic carbocycles. The molecule has 1 saturated heterocycles. The lowest BCUT2D eigenvalue weighted by molar-refractivity contribution is -0.302. The van der Waals surface area contributed by atoms with Crippen LogP contribution in [0.15, 0.2) is 0 Å². The van der Waals surface area contributed by atoms with E-state index >= 15 is 0 Å². The number of carbonyl (C=O) groups excluding carboxylic acids is 1. The summed E-state index contributed by atoms with van der Waals surface area (Å²) < 4.78 is 11.1. The van der Waals surface area contributed by atoms with Crippen molar-refractivity contribution in [1.82, 2.24) is 5.32 Å². The minimum Gasteiger partial charge on any atom is -0.394 e. The first-order valence-electron chi connectivity index (χ1n) is 17.7. The van der Waals surface area contributed by atoms with Crippen LogP contribution in [0.4, 0.5) is 0 Å². The average molecular weight is 618 g/mol. The van der Waals surface area contributed by atoms with Gasteiger partial charge in [-0.3, -0.25) is 4.79 Å². The number of unbranched alkanes of at least 4 members (excludes halogenated alkanes) is 18. The van der Waals surface area contributed by atoms with Crippen LogP contribution in [0.25, 0.3) is 0 Å². The van der Waals surface area contributed by atoms with Gasteiger partial charge in [-0.05, 0) is 12.8 Å². The lowest BCUT2D eigenvalue weighted by Crippen LogP contribution is -2.60. The molecule has 6 N–H and O–H groups in total. The third kappa shape index (κ3) is 18.7. The molecule has 1 aliphatic rings. The summed E-state index contributed by atoms with van der Waals surface area (Å²) in [5, 5.41) is 53.8. The number of nitrogens with one attached hydrogen (secondary N) is 1. The summed E-state index contributed by atoms with van der Waals surface area (Å²) in [6, 6.07) is -0.707. The second kappa shape index (κ2) is 26.4. The highest BCUT2D eigenvalue weighted by Gasteiger charge is 2.44. The second-order valence-electron chi connectivity index (χ2n) is 12.7. The summed E-state index contributed by atoms with van der Waals surface area (Å²) in [6.07, 6.45) is 16.9. The van der Waals surface area contributed by atoms with Gasteiger partial charge in [0.1, 0.15) is 24.4 Å². The first-order valence-corrected chi connectivity index (χ1v) is 17.7. The normalized spacial score (nSPS) is 23.7. The minimum absolute atomic E-state index is 0.134. The van der Waals surface area contributed by atoms with E-state index in [9.17, 15) is 30.3 Å². The standard InChI is InChI=1S/C34H67NO8/c1-3-5-7-9-11-13-14-16-18-20-22-24-30(38)35-27(28(37)23-21-19-17-15-12-10-8-6-4-2)26-42-34-33(41)32(40)31(39)29(25-36)43-34/h27-29,31-34,36-37,39-41H,3-26H2,1-2H3,(H,35,38). The number of aliphatic hydroxyl groups excluding tert-OH is 5. The summed E-state index contributed by atoms with van der Waals surface area (Å²) >= 11 is 0. The fourth-order valence-corrected chi connectivity index (χ4v) is 5.75. The molecule has 256 valence electrons. The van der Waals surface area contributed by atoms with Gasteiger partial charge >= 0.3 is 0 Å². The van der Waals surface area contributed by atoms with Crippen molar-refractivity contribution in [3.8, 4) is 0 Å². The maximum atomic E-state index is 12.8. The molecule has 0 bridgehead atoms. The Bertz CT molecular complexity index is 652. The van der Waals surface area contributed by atoms with Crippen molar-refractivity contribution in [2.45, 2.75) is 198 Å². The molecule has 0 aromatic rings. The van der Waals surface area contributed by atoms with Crippen LogP contribution in [0.1, 0.15) is 155 Å². The molecule has 0 aliphatic carbocycles. The van der Waals surface area contributed by atoms with Crippen molar-refractivity contribution in [3.05, 3.63) is 0 Å². The molecule has 1 aliphatic heterocycles. The molecular formula is C34H67NO8. The molecule has 1 heterocycles. The van der Waals surface area contributed by atoms with E-state index in [0.29, 0.717) is 12.8 Å². The molecule has 9 heteroatoms. The molecule has 0 saturated carbocycles. The van der Waals surface area contributed by atoms with Gasteiger partial charge in [-0.25, -0.2) is 0 Å². The van der Waals surface area contributed by atoms with Crippen LogP contribution in [0.2, 0.25) is 0 Å². The first kappa shape index (κ1) is 40.2. The monoisotopic (exact) mass is 617 g/mol. The maximum Gasteiger partial charge on any atom is 0.220 e. The van der Waals surface area contributed by atoms with E-state index in [1.165, 1.54) is 89.9 Å². The molecule has 1 amide bonds. The molecule has 0 aromatic heterocycles. The van der Waals surface area contributed by atoms with E-state index in [-0.39, 0.29) is 12.5 Å². The molecule has 7 atom stereocenters. The van der Waals surface area contributed by atoms with Gasteiger partial charge in [0.2, 0.25) is 5.91 Å². The van der Waals surface area contributed by atoms with Crippen molar-refractivity contribution < 1.29 is 39.8 Å². The summed E-state index contributed by atoms with van der Waals surface area (Å²) in [4.78, 5) is 12.8. The highest BCUT2D eigenvalue weighted by Crippen LogP contribution is 2.23. The quantitative estimate of drug-likeness (QED) is 0.0651. The molecule has 0 radical (unpaired) electrons. The zero-order valence-electron chi connectivity index (χ0n) is 27.5. The lowest BCUT2D eigenvalue weighted by Gasteiger charge is -2.40. The van der Waals surface area contributed by atoms with Crippen LogP contribution in [0, 0.1) is 0 Å². The lowest BCUT2D eigenvalue weighted by atomic mass is 9.99. The van der Waals surface area contributed by atoms with Crippen LogP contribution in [0.3, 0.4) is 0 Å². The number of aliphatic hydroxyl groups is 5. The van der Waals surface area contributed by atoms with Crippen molar-refractivity contribution in [3.63, 3.8) is 0 Å². The number of ether oxygens (including phenoxy) is 2. The predicted octanol–water partition coefficient (Wildman–Crippen LogP) is 5.27.